The lowest BCUT2D eigenvalue weighted by Gasteiger charge is -2.37. The number of esters is 1. The van der Waals surface area contributed by atoms with Crippen LogP contribution < -0.4 is 4.74 Å². The van der Waals surface area contributed by atoms with E-state index in [4.69, 9.17) is 9.16 Å². The van der Waals surface area contributed by atoms with Crippen molar-refractivity contribution in [1.29, 1.82) is 0 Å². The van der Waals surface area contributed by atoms with Crippen LogP contribution in [0.2, 0.25) is 18.1 Å². The van der Waals surface area contributed by atoms with Crippen molar-refractivity contribution in [2.75, 3.05) is 6.61 Å². The van der Waals surface area contributed by atoms with E-state index in [0.717, 1.165) is 11.1 Å². The van der Waals surface area contributed by atoms with E-state index >= 15 is 0 Å². The number of hydrogen-bond acceptors (Lipinski definition) is 4. The highest BCUT2D eigenvalue weighted by atomic mass is 28.4. The topological polar surface area (TPSA) is 55.8 Å². The first-order chi connectivity index (χ1) is 13.9. The van der Waals surface area contributed by atoms with Crippen molar-refractivity contribution in [2.24, 2.45) is 5.92 Å². The highest BCUT2D eigenvalue weighted by Crippen LogP contribution is 2.40. The van der Waals surface area contributed by atoms with Crippen molar-refractivity contribution in [2.45, 2.75) is 65.1 Å². The Morgan fingerprint density at radius 1 is 1.07 bits per heavy atom. The fourth-order valence-corrected chi connectivity index (χ4v) is 4.37. The van der Waals surface area contributed by atoms with E-state index < -0.39 is 14.2 Å². The summed E-state index contributed by atoms with van der Waals surface area (Å²) in [5, 5.41) is 10.7. The zero-order valence-corrected chi connectivity index (χ0v) is 20.4. The number of aromatic hydroxyl groups is 1. The molecule has 2 atom stereocenters. The van der Waals surface area contributed by atoms with E-state index in [-0.39, 0.29) is 22.7 Å². The quantitative estimate of drug-likeness (QED) is 0.299. The molecule has 0 saturated heterocycles. The maximum atomic E-state index is 12.9. The standard InChI is InChI=1S/C25H36O4Si/c1-18-12-11-15-22(26)23(18)21(16-17-28-30(6,7)25(3,4)5)19(2)24(27)29-20-13-9-8-10-14-20/h8-15,19,21,26H,16-17H2,1-7H3/t19-,21-/m1/s1. The van der Waals surface area contributed by atoms with E-state index in [0.29, 0.717) is 18.8 Å². The Hall–Kier alpha value is -2.11. The number of carbonyl (C=O) groups is 1. The number of hydrogen-bond donors (Lipinski definition) is 1. The maximum absolute atomic E-state index is 12.9. The van der Waals surface area contributed by atoms with Crippen LogP contribution in [0.5, 0.6) is 11.5 Å². The Labute approximate surface area is 182 Å². The van der Waals surface area contributed by atoms with Gasteiger partial charge in [0.05, 0.1) is 5.92 Å². The Kier molecular flexibility index (Phi) is 7.89. The Balaban J connectivity index is 2.24. The van der Waals surface area contributed by atoms with Gasteiger partial charge >= 0.3 is 5.97 Å². The molecule has 0 unspecified atom stereocenters. The molecule has 0 radical (unpaired) electrons. The molecule has 2 rings (SSSR count). The number of benzene rings is 2. The largest absolute Gasteiger partial charge is 0.508 e. The van der Waals surface area contributed by atoms with Crippen LogP contribution in [0.1, 0.15) is 51.2 Å². The molecular weight excluding hydrogens is 392 g/mol. The molecule has 0 fully saturated rings. The minimum atomic E-state index is -1.90. The first kappa shape index (κ1) is 24.2. The summed E-state index contributed by atoms with van der Waals surface area (Å²) < 4.78 is 12.0. The van der Waals surface area contributed by atoms with E-state index in [1.165, 1.54) is 0 Å². The number of carbonyl (C=O) groups excluding carboxylic acids is 1. The van der Waals surface area contributed by atoms with Crippen molar-refractivity contribution < 1.29 is 19.1 Å². The Morgan fingerprint density at radius 3 is 2.27 bits per heavy atom. The lowest BCUT2D eigenvalue weighted by atomic mass is 9.82. The van der Waals surface area contributed by atoms with E-state index in [1.807, 2.05) is 44.2 Å². The molecule has 0 aliphatic carbocycles. The molecule has 0 aliphatic heterocycles. The minimum Gasteiger partial charge on any atom is -0.508 e. The summed E-state index contributed by atoms with van der Waals surface area (Å²) in [6, 6.07) is 14.6. The highest BCUT2D eigenvalue weighted by molar-refractivity contribution is 6.74. The number of rotatable bonds is 8. The van der Waals surface area contributed by atoms with Crippen LogP contribution in [0.25, 0.3) is 0 Å². The SMILES string of the molecule is Cc1cccc(O)c1[C@H](CCO[Si](C)(C)C(C)(C)C)[C@@H](C)C(=O)Oc1ccccc1. The van der Waals surface area contributed by atoms with Crippen LogP contribution in [0.4, 0.5) is 0 Å². The molecule has 0 saturated carbocycles. The fourth-order valence-electron chi connectivity index (χ4n) is 3.31. The second-order valence-corrected chi connectivity index (χ2v) is 14.3. The third-order valence-corrected chi connectivity index (χ3v) is 10.8. The molecule has 5 heteroatoms. The van der Waals surface area contributed by atoms with Crippen LogP contribution in [0.3, 0.4) is 0 Å². The molecule has 1 N–H and O–H groups in total. The molecule has 0 bridgehead atoms. The zero-order chi connectivity index (χ0) is 22.5. The molecule has 2 aromatic carbocycles. The second-order valence-electron chi connectivity index (χ2n) is 9.53. The first-order valence-corrected chi connectivity index (χ1v) is 13.5. The average molecular weight is 429 g/mol. The van der Waals surface area contributed by atoms with Gasteiger partial charge in [-0.15, -0.1) is 0 Å². The van der Waals surface area contributed by atoms with Gasteiger partial charge in [-0.3, -0.25) is 4.79 Å². The van der Waals surface area contributed by atoms with Crippen molar-refractivity contribution in [3.05, 3.63) is 59.7 Å². The van der Waals surface area contributed by atoms with E-state index in [1.54, 1.807) is 18.2 Å². The predicted octanol–water partition coefficient (Wildman–Crippen LogP) is 6.44. The number of ether oxygens (including phenoxy) is 1. The molecule has 0 aliphatic rings. The normalized spacial score (nSPS) is 14.2. The van der Waals surface area contributed by atoms with Crippen LogP contribution in [0, 0.1) is 12.8 Å². The maximum Gasteiger partial charge on any atom is 0.314 e. The first-order valence-electron chi connectivity index (χ1n) is 10.6. The Bertz CT molecular complexity index is 820. The summed E-state index contributed by atoms with van der Waals surface area (Å²) >= 11 is 0. The number of phenolic OH excluding ortho intramolecular Hbond substituents is 1. The van der Waals surface area contributed by atoms with Gasteiger partial charge in [0.25, 0.3) is 0 Å². The monoisotopic (exact) mass is 428 g/mol. The third kappa shape index (κ3) is 5.96. The number of para-hydroxylation sites is 1. The zero-order valence-electron chi connectivity index (χ0n) is 19.4. The van der Waals surface area contributed by atoms with Gasteiger partial charge in [0, 0.05) is 18.1 Å². The van der Waals surface area contributed by atoms with Crippen LogP contribution in [-0.2, 0) is 9.22 Å². The van der Waals surface area contributed by atoms with Crippen LogP contribution in [-0.4, -0.2) is 26.0 Å². The van der Waals surface area contributed by atoms with Crippen LogP contribution >= 0.6 is 0 Å². The summed E-state index contributed by atoms with van der Waals surface area (Å²) in [5.74, 6) is -0.195. The summed E-state index contributed by atoms with van der Waals surface area (Å²) in [6.45, 7) is 15.5. The molecule has 4 nitrogen and oxygen atoms in total. The van der Waals surface area contributed by atoms with Crippen molar-refractivity contribution in [3.63, 3.8) is 0 Å². The van der Waals surface area contributed by atoms with Crippen LogP contribution in [0.15, 0.2) is 48.5 Å². The molecule has 0 amide bonds. The summed E-state index contributed by atoms with van der Waals surface area (Å²) in [5.41, 5.74) is 1.76. The van der Waals surface area contributed by atoms with Gasteiger partial charge in [-0.25, -0.2) is 0 Å². The van der Waals surface area contributed by atoms with Gasteiger partial charge in [0.2, 0.25) is 0 Å². The molecule has 0 aromatic heterocycles. The average Bonchev–Trinajstić information content (AvgIpc) is 2.65. The number of phenols is 1. The second kappa shape index (κ2) is 9.80. The number of aryl methyl sites for hydroxylation is 1. The lowest BCUT2D eigenvalue weighted by Crippen LogP contribution is -2.41. The minimum absolute atomic E-state index is 0.116. The molecule has 30 heavy (non-hydrogen) atoms. The fraction of sp³-hybridized carbons (Fsp3) is 0.480. The summed E-state index contributed by atoms with van der Waals surface area (Å²) in [7, 11) is -1.90. The van der Waals surface area contributed by atoms with Gasteiger partial charge in [0.1, 0.15) is 11.5 Å². The smallest absolute Gasteiger partial charge is 0.314 e. The summed E-state index contributed by atoms with van der Waals surface area (Å²) in [6.07, 6.45) is 0.635. The molecule has 164 valence electrons. The summed E-state index contributed by atoms with van der Waals surface area (Å²) in [4.78, 5) is 12.9. The molecule has 0 heterocycles. The van der Waals surface area contributed by atoms with Gasteiger partial charge in [-0.05, 0) is 55.2 Å². The highest BCUT2D eigenvalue weighted by Gasteiger charge is 2.38. The van der Waals surface area contributed by atoms with Gasteiger partial charge in [-0.2, -0.15) is 0 Å². The lowest BCUT2D eigenvalue weighted by molar-refractivity contribution is -0.139. The van der Waals surface area contributed by atoms with E-state index in [9.17, 15) is 9.90 Å². The van der Waals surface area contributed by atoms with Gasteiger partial charge in [0.15, 0.2) is 8.32 Å². The predicted molar refractivity (Wildman–Crippen MR) is 125 cm³/mol. The van der Waals surface area contributed by atoms with Crippen molar-refractivity contribution >= 4 is 14.3 Å². The van der Waals surface area contributed by atoms with Crippen molar-refractivity contribution in [3.8, 4) is 11.5 Å². The molecule has 2 aromatic rings. The van der Waals surface area contributed by atoms with E-state index in [2.05, 4.69) is 33.9 Å². The molecular formula is C25H36O4Si. The molecule has 0 spiro atoms. The van der Waals surface area contributed by atoms with Crippen molar-refractivity contribution in [1.82, 2.24) is 0 Å². The van der Waals surface area contributed by atoms with Gasteiger partial charge < -0.3 is 14.3 Å². The van der Waals surface area contributed by atoms with Gasteiger partial charge in [-0.1, -0.05) is 58.0 Å². The Morgan fingerprint density at radius 2 is 1.70 bits per heavy atom. The third-order valence-electron chi connectivity index (χ3n) is 6.31.